The van der Waals surface area contributed by atoms with Crippen LogP contribution in [0.1, 0.15) is 25.0 Å². The van der Waals surface area contributed by atoms with E-state index in [1.807, 2.05) is 6.92 Å². The van der Waals surface area contributed by atoms with Crippen molar-refractivity contribution in [3.63, 3.8) is 0 Å². The molecular formula is C9H14N2O. The maximum atomic E-state index is 11.2. The first-order valence-corrected chi connectivity index (χ1v) is 4.52. The first-order chi connectivity index (χ1) is 5.75. The molecule has 1 aromatic rings. The maximum Gasteiger partial charge on any atom is 0.266 e. The molecule has 12 heavy (non-hydrogen) atoms. The van der Waals surface area contributed by atoms with E-state index in [-0.39, 0.29) is 5.56 Å². The molecule has 0 atom stereocenters. The third-order valence-corrected chi connectivity index (χ3v) is 2.58. The zero-order valence-corrected chi connectivity index (χ0v) is 7.34. The van der Waals surface area contributed by atoms with E-state index in [1.165, 1.54) is 19.3 Å². The molecule has 3 heteroatoms. The minimum atomic E-state index is 0.111. The van der Waals surface area contributed by atoms with Crippen molar-refractivity contribution >= 4 is 0 Å². The molecule has 0 bridgehead atoms. The van der Waals surface area contributed by atoms with Crippen LogP contribution in [0.3, 0.4) is 0 Å². The van der Waals surface area contributed by atoms with Crippen molar-refractivity contribution < 1.29 is 0 Å². The highest BCUT2D eigenvalue weighted by Gasteiger charge is 2.18. The summed E-state index contributed by atoms with van der Waals surface area (Å²) in [7, 11) is 0. The van der Waals surface area contributed by atoms with Gasteiger partial charge in [0.1, 0.15) is 0 Å². The van der Waals surface area contributed by atoms with E-state index in [9.17, 15) is 4.79 Å². The van der Waals surface area contributed by atoms with E-state index >= 15 is 0 Å². The van der Waals surface area contributed by atoms with Crippen LogP contribution in [0.2, 0.25) is 0 Å². The van der Waals surface area contributed by atoms with E-state index in [0.29, 0.717) is 0 Å². The number of aromatic nitrogens is 2. The smallest absolute Gasteiger partial charge is 0.266 e. The summed E-state index contributed by atoms with van der Waals surface area (Å²) in [5.74, 6) is 0.737. The fourth-order valence-electron chi connectivity index (χ4n) is 1.63. The summed E-state index contributed by atoms with van der Waals surface area (Å²) in [4.78, 5) is 11.2. The van der Waals surface area contributed by atoms with Crippen molar-refractivity contribution in [2.24, 2.45) is 5.92 Å². The maximum absolute atomic E-state index is 11.2. The Morgan fingerprint density at radius 3 is 2.83 bits per heavy atom. The van der Waals surface area contributed by atoms with Gasteiger partial charge in [-0.1, -0.05) is 6.42 Å². The van der Waals surface area contributed by atoms with Gasteiger partial charge in [0.05, 0.1) is 0 Å². The molecule has 1 heterocycles. The van der Waals surface area contributed by atoms with Gasteiger partial charge in [0.2, 0.25) is 0 Å². The lowest BCUT2D eigenvalue weighted by Crippen LogP contribution is -2.25. The topological polar surface area (TPSA) is 37.8 Å². The number of nitrogens with zero attached hydrogens (tertiary/aromatic N) is 1. The highest BCUT2D eigenvalue weighted by Crippen LogP contribution is 2.26. The Morgan fingerprint density at radius 2 is 2.42 bits per heavy atom. The normalized spacial score (nSPS) is 17.8. The molecule has 0 radical (unpaired) electrons. The molecule has 0 saturated heterocycles. The van der Waals surface area contributed by atoms with Gasteiger partial charge in [0.15, 0.2) is 0 Å². The first-order valence-electron chi connectivity index (χ1n) is 4.52. The van der Waals surface area contributed by atoms with Crippen molar-refractivity contribution in [1.82, 2.24) is 9.78 Å². The zero-order chi connectivity index (χ0) is 8.55. The molecule has 1 N–H and O–H groups in total. The van der Waals surface area contributed by atoms with Crippen LogP contribution in [0.4, 0.5) is 0 Å². The predicted molar refractivity (Wildman–Crippen MR) is 47.1 cm³/mol. The molecule has 1 aliphatic carbocycles. The van der Waals surface area contributed by atoms with Crippen LogP contribution in [-0.2, 0) is 6.54 Å². The molecule has 1 fully saturated rings. The standard InChI is InChI=1S/C9H14N2O/c1-7-5-9(12)11(10-7)6-8-3-2-4-8/h5,8,10H,2-4,6H2,1H3. The molecule has 0 unspecified atom stereocenters. The van der Waals surface area contributed by atoms with E-state index in [4.69, 9.17) is 0 Å². The molecular weight excluding hydrogens is 152 g/mol. The van der Waals surface area contributed by atoms with Gasteiger partial charge >= 0.3 is 0 Å². The summed E-state index contributed by atoms with van der Waals surface area (Å²) in [6.45, 7) is 2.80. The summed E-state index contributed by atoms with van der Waals surface area (Å²) in [6, 6.07) is 1.65. The van der Waals surface area contributed by atoms with Crippen LogP contribution in [0, 0.1) is 12.8 Å². The second kappa shape index (κ2) is 2.81. The largest absolute Gasteiger partial charge is 0.300 e. The quantitative estimate of drug-likeness (QED) is 0.706. The van der Waals surface area contributed by atoms with Crippen molar-refractivity contribution in [2.45, 2.75) is 32.7 Å². The number of hydrogen-bond acceptors (Lipinski definition) is 1. The van der Waals surface area contributed by atoms with Gasteiger partial charge < -0.3 is 0 Å². The number of hydrogen-bond donors (Lipinski definition) is 1. The Hall–Kier alpha value is -0.990. The number of H-pyrrole nitrogens is 1. The van der Waals surface area contributed by atoms with Gasteiger partial charge in [0.25, 0.3) is 5.56 Å². The SMILES string of the molecule is Cc1cc(=O)n(CC2CCC2)[nH]1. The zero-order valence-electron chi connectivity index (χ0n) is 7.34. The average Bonchev–Trinajstić information content (AvgIpc) is 2.21. The summed E-state index contributed by atoms with van der Waals surface area (Å²) < 4.78 is 1.72. The van der Waals surface area contributed by atoms with Gasteiger partial charge in [-0.05, 0) is 25.7 Å². The van der Waals surface area contributed by atoms with Crippen LogP contribution in [-0.4, -0.2) is 9.78 Å². The lowest BCUT2D eigenvalue weighted by atomic mass is 9.85. The lowest BCUT2D eigenvalue weighted by molar-refractivity contribution is 0.263. The van der Waals surface area contributed by atoms with Crippen LogP contribution in [0.25, 0.3) is 0 Å². The first kappa shape index (κ1) is 7.65. The molecule has 1 saturated carbocycles. The highest BCUT2D eigenvalue weighted by atomic mass is 16.1. The van der Waals surface area contributed by atoms with Crippen LogP contribution in [0.15, 0.2) is 10.9 Å². The highest BCUT2D eigenvalue weighted by molar-refractivity contribution is 4.96. The summed E-state index contributed by atoms with van der Waals surface area (Å²) >= 11 is 0. The molecule has 1 aromatic heterocycles. The molecule has 0 amide bonds. The van der Waals surface area contributed by atoms with Crippen LogP contribution >= 0.6 is 0 Å². The minimum Gasteiger partial charge on any atom is -0.300 e. The molecule has 2 rings (SSSR count). The number of rotatable bonds is 2. The van der Waals surface area contributed by atoms with Gasteiger partial charge in [-0.25, -0.2) is 0 Å². The van der Waals surface area contributed by atoms with Crippen LogP contribution < -0.4 is 5.56 Å². The second-order valence-corrected chi connectivity index (χ2v) is 3.68. The number of nitrogens with one attached hydrogen (secondary N) is 1. The third kappa shape index (κ3) is 1.31. The second-order valence-electron chi connectivity index (χ2n) is 3.68. The fourth-order valence-corrected chi connectivity index (χ4v) is 1.63. The Kier molecular flexibility index (Phi) is 1.79. The van der Waals surface area contributed by atoms with E-state index < -0.39 is 0 Å². The van der Waals surface area contributed by atoms with E-state index in [1.54, 1.807) is 10.7 Å². The Balaban J connectivity index is 2.11. The average molecular weight is 166 g/mol. The van der Waals surface area contributed by atoms with Gasteiger partial charge in [-0.3, -0.25) is 14.6 Å². The van der Waals surface area contributed by atoms with Crippen LogP contribution in [0.5, 0.6) is 0 Å². The summed E-state index contributed by atoms with van der Waals surface area (Å²) in [5, 5.41) is 3.05. The summed E-state index contributed by atoms with van der Waals surface area (Å²) in [5.41, 5.74) is 1.07. The minimum absolute atomic E-state index is 0.111. The Bertz CT molecular complexity index is 320. The van der Waals surface area contributed by atoms with E-state index in [0.717, 1.165) is 18.2 Å². The van der Waals surface area contributed by atoms with Crippen molar-refractivity contribution in [3.05, 3.63) is 22.1 Å². The predicted octanol–water partition coefficient (Wildman–Crippen LogP) is 1.28. The number of aromatic amines is 1. The molecule has 0 spiro atoms. The van der Waals surface area contributed by atoms with Crippen molar-refractivity contribution in [3.8, 4) is 0 Å². The van der Waals surface area contributed by atoms with Gasteiger partial charge in [-0.2, -0.15) is 0 Å². The molecule has 0 aliphatic heterocycles. The monoisotopic (exact) mass is 166 g/mol. The van der Waals surface area contributed by atoms with Crippen molar-refractivity contribution in [2.75, 3.05) is 0 Å². The van der Waals surface area contributed by atoms with Gasteiger partial charge in [0, 0.05) is 18.3 Å². The fraction of sp³-hybridized carbons (Fsp3) is 0.667. The molecule has 1 aliphatic rings. The van der Waals surface area contributed by atoms with Gasteiger partial charge in [-0.15, -0.1) is 0 Å². The van der Waals surface area contributed by atoms with Crippen molar-refractivity contribution in [1.29, 1.82) is 0 Å². The Labute approximate surface area is 71.4 Å². The molecule has 66 valence electrons. The van der Waals surface area contributed by atoms with E-state index in [2.05, 4.69) is 5.10 Å². The number of aryl methyl sites for hydroxylation is 1. The Morgan fingerprint density at radius 1 is 1.67 bits per heavy atom. The summed E-state index contributed by atoms with van der Waals surface area (Å²) in [6.07, 6.45) is 3.90. The lowest BCUT2D eigenvalue weighted by Gasteiger charge is -2.24. The molecule has 0 aromatic carbocycles. The third-order valence-electron chi connectivity index (χ3n) is 2.58. The molecule has 3 nitrogen and oxygen atoms in total.